The number of H-pyrrole nitrogens is 1. The molecule has 0 spiro atoms. The van der Waals surface area contributed by atoms with Crippen LogP contribution in [0, 0.1) is 13.8 Å². The monoisotopic (exact) mass is 376 g/mol. The fourth-order valence-electron chi connectivity index (χ4n) is 3.24. The Balaban J connectivity index is 1.67. The minimum absolute atomic E-state index is 0.0585. The summed E-state index contributed by atoms with van der Waals surface area (Å²) < 4.78 is 0. The summed E-state index contributed by atoms with van der Waals surface area (Å²) in [6.45, 7) is 10.9. The first kappa shape index (κ1) is 19.9. The Bertz CT molecular complexity index is 1070. The zero-order valence-electron chi connectivity index (χ0n) is 17.3. The van der Waals surface area contributed by atoms with E-state index >= 15 is 0 Å². The zero-order chi connectivity index (χ0) is 20.5. The van der Waals surface area contributed by atoms with E-state index in [9.17, 15) is 9.59 Å². The van der Waals surface area contributed by atoms with E-state index < -0.39 is 0 Å². The first-order valence-electron chi connectivity index (χ1n) is 9.67. The van der Waals surface area contributed by atoms with Gasteiger partial charge in [0, 0.05) is 23.2 Å². The molecule has 2 N–H and O–H groups in total. The fraction of sp³-hybridized carbons (Fsp3) is 0.333. The molecule has 0 aliphatic rings. The molecule has 4 nitrogen and oxygen atoms in total. The molecule has 146 valence electrons. The fourth-order valence-corrected chi connectivity index (χ4v) is 3.24. The third-order valence-corrected chi connectivity index (χ3v) is 5.23. The van der Waals surface area contributed by atoms with Crippen LogP contribution in [0.25, 0.3) is 10.9 Å². The minimum Gasteiger partial charge on any atom is -0.352 e. The number of hydrogen-bond acceptors (Lipinski definition) is 2. The van der Waals surface area contributed by atoms with Gasteiger partial charge in [0.05, 0.1) is 0 Å². The van der Waals surface area contributed by atoms with E-state index in [0.29, 0.717) is 24.1 Å². The van der Waals surface area contributed by atoms with Gasteiger partial charge in [-0.05, 0) is 78.1 Å². The lowest BCUT2D eigenvalue weighted by Gasteiger charge is -2.19. The Morgan fingerprint density at radius 1 is 1.00 bits per heavy atom. The molecule has 0 fully saturated rings. The second-order valence-corrected chi connectivity index (χ2v) is 8.48. The van der Waals surface area contributed by atoms with Gasteiger partial charge in [-0.15, -0.1) is 0 Å². The molecule has 0 bridgehead atoms. The molecule has 0 aliphatic heterocycles. The van der Waals surface area contributed by atoms with Crippen molar-refractivity contribution in [1.29, 1.82) is 0 Å². The average molecular weight is 377 g/mol. The topological polar surface area (TPSA) is 62.0 Å². The van der Waals surface area contributed by atoms with Crippen LogP contribution in [0.15, 0.2) is 47.3 Å². The molecule has 0 radical (unpaired) electrons. The number of benzene rings is 2. The molecule has 0 saturated carbocycles. The smallest absolute Gasteiger partial charge is 0.251 e. The highest BCUT2D eigenvalue weighted by atomic mass is 16.1. The van der Waals surface area contributed by atoms with Crippen molar-refractivity contribution in [2.24, 2.45) is 0 Å². The second-order valence-electron chi connectivity index (χ2n) is 8.48. The molecule has 1 heterocycles. The van der Waals surface area contributed by atoms with Crippen LogP contribution in [0.1, 0.15) is 53.4 Å². The molecule has 1 aromatic heterocycles. The summed E-state index contributed by atoms with van der Waals surface area (Å²) >= 11 is 0. The Morgan fingerprint density at radius 3 is 2.29 bits per heavy atom. The van der Waals surface area contributed by atoms with E-state index in [1.165, 1.54) is 11.1 Å². The van der Waals surface area contributed by atoms with Crippen molar-refractivity contribution in [2.75, 3.05) is 6.54 Å². The molecule has 0 unspecified atom stereocenters. The highest BCUT2D eigenvalue weighted by Gasteiger charge is 2.14. The molecule has 1 amide bonds. The van der Waals surface area contributed by atoms with Crippen LogP contribution in [-0.4, -0.2) is 17.4 Å². The average Bonchev–Trinajstić information content (AvgIpc) is 2.63. The molecule has 2 aromatic carbocycles. The molecule has 0 aliphatic carbocycles. The van der Waals surface area contributed by atoms with Gasteiger partial charge in [0.1, 0.15) is 0 Å². The maximum Gasteiger partial charge on any atom is 0.251 e. The van der Waals surface area contributed by atoms with Crippen molar-refractivity contribution in [3.05, 3.63) is 80.6 Å². The standard InChI is InChI=1S/C24H28N2O2/c1-15-12-19-14-18(23(28)26-21(19)13-16(15)2)10-11-25-22(27)17-6-8-20(9-7-17)24(3,4)5/h6-9,12-14H,10-11H2,1-5H3,(H,25,27)(H,26,28). The summed E-state index contributed by atoms with van der Waals surface area (Å²) in [4.78, 5) is 27.7. The summed E-state index contributed by atoms with van der Waals surface area (Å²) in [7, 11) is 0. The minimum atomic E-state index is -0.121. The van der Waals surface area contributed by atoms with Gasteiger partial charge in [-0.2, -0.15) is 0 Å². The number of pyridine rings is 1. The van der Waals surface area contributed by atoms with Crippen molar-refractivity contribution in [1.82, 2.24) is 10.3 Å². The van der Waals surface area contributed by atoms with Crippen LogP contribution in [0.2, 0.25) is 0 Å². The third-order valence-electron chi connectivity index (χ3n) is 5.23. The second kappa shape index (κ2) is 7.63. The van der Waals surface area contributed by atoms with Gasteiger partial charge in [-0.25, -0.2) is 0 Å². The quantitative estimate of drug-likeness (QED) is 0.708. The maximum atomic E-state index is 12.4. The SMILES string of the molecule is Cc1cc2cc(CCNC(=O)c3ccc(C(C)(C)C)cc3)c(=O)[nH]c2cc1C. The number of rotatable bonds is 4. The number of fused-ring (bicyclic) bond motifs is 1. The van der Waals surface area contributed by atoms with Crippen molar-refractivity contribution in [3.8, 4) is 0 Å². The number of carbonyl (C=O) groups excluding carboxylic acids is 1. The number of amides is 1. The molecule has 3 aromatic rings. The summed E-state index contributed by atoms with van der Waals surface area (Å²) in [5, 5.41) is 3.93. The van der Waals surface area contributed by atoms with Gasteiger partial charge in [-0.1, -0.05) is 32.9 Å². The molecule has 0 atom stereocenters. The number of hydrogen-bond donors (Lipinski definition) is 2. The molecule has 28 heavy (non-hydrogen) atoms. The van der Waals surface area contributed by atoms with Gasteiger partial charge in [0.2, 0.25) is 0 Å². The lowest BCUT2D eigenvalue weighted by atomic mass is 9.87. The summed E-state index contributed by atoms with van der Waals surface area (Å²) in [5.74, 6) is -0.121. The van der Waals surface area contributed by atoms with E-state index in [4.69, 9.17) is 0 Å². The van der Waals surface area contributed by atoms with Crippen molar-refractivity contribution in [2.45, 2.75) is 46.5 Å². The van der Waals surface area contributed by atoms with Crippen LogP contribution in [0.4, 0.5) is 0 Å². The first-order chi connectivity index (χ1) is 13.1. The van der Waals surface area contributed by atoms with Crippen molar-refractivity contribution < 1.29 is 4.79 Å². The Labute approximate surface area is 166 Å². The van der Waals surface area contributed by atoms with Crippen LogP contribution in [-0.2, 0) is 11.8 Å². The number of aryl methyl sites for hydroxylation is 2. The number of carbonyl (C=O) groups is 1. The molecule has 3 rings (SSSR count). The predicted octanol–water partition coefficient (Wildman–Crippen LogP) is 4.41. The summed E-state index contributed by atoms with van der Waals surface area (Å²) in [5.41, 5.74) is 5.66. The van der Waals surface area contributed by atoms with E-state index in [-0.39, 0.29) is 16.9 Å². The van der Waals surface area contributed by atoms with Crippen molar-refractivity contribution >= 4 is 16.8 Å². The Morgan fingerprint density at radius 2 is 1.64 bits per heavy atom. The number of aromatic nitrogens is 1. The normalized spacial score (nSPS) is 11.6. The summed E-state index contributed by atoms with van der Waals surface area (Å²) in [6, 6.07) is 13.7. The zero-order valence-corrected chi connectivity index (χ0v) is 17.3. The van der Waals surface area contributed by atoms with Gasteiger partial charge in [-0.3, -0.25) is 9.59 Å². The highest BCUT2D eigenvalue weighted by molar-refractivity contribution is 5.94. The molecule has 0 saturated heterocycles. The lowest BCUT2D eigenvalue weighted by Crippen LogP contribution is -2.27. The van der Waals surface area contributed by atoms with E-state index in [1.54, 1.807) is 0 Å². The van der Waals surface area contributed by atoms with Gasteiger partial charge >= 0.3 is 0 Å². The molecular weight excluding hydrogens is 348 g/mol. The maximum absolute atomic E-state index is 12.4. The molecular formula is C24H28N2O2. The van der Waals surface area contributed by atoms with Crippen LogP contribution in [0.5, 0.6) is 0 Å². The highest BCUT2D eigenvalue weighted by Crippen LogP contribution is 2.22. The largest absolute Gasteiger partial charge is 0.352 e. The van der Waals surface area contributed by atoms with E-state index in [1.807, 2.05) is 43.3 Å². The van der Waals surface area contributed by atoms with Crippen LogP contribution in [0.3, 0.4) is 0 Å². The van der Waals surface area contributed by atoms with Crippen LogP contribution < -0.4 is 10.9 Å². The van der Waals surface area contributed by atoms with Gasteiger partial charge in [0.15, 0.2) is 0 Å². The first-order valence-corrected chi connectivity index (χ1v) is 9.67. The van der Waals surface area contributed by atoms with E-state index in [0.717, 1.165) is 16.5 Å². The van der Waals surface area contributed by atoms with Gasteiger partial charge < -0.3 is 10.3 Å². The van der Waals surface area contributed by atoms with Crippen molar-refractivity contribution in [3.63, 3.8) is 0 Å². The van der Waals surface area contributed by atoms with Gasteiger partial charge in [0.25, 0.3) is 11.5 Å². The number of aromatic amines is 1. The Kier molecular flexibility index (Phi) is 5.41. The molecule has 4 heteroatoms. The van der Waals surface area contributed by atoms with Crippen LogP contribution >= 0.6 is 0 Å². The summed E-state index contributed by atoms with van der Waals surface area (Å²) in [6.07, 6.45) is 0.490. The predicted molar refractivity (Wildman–Crippen MR) is 115 cm³/mol. The number of nitrogens with one attached hydrogen (secondary N) is 2. The third kappa shape index (κ3) is 4.33. The Hall–Kier alpha value is -2.88. The lowest BCUT2D eigenvalue weighted by molar-refractivity contribution is 0.0954. The van der Waals surface area contributed by atoms with E-state index in [2.05, 4.69) is 44.1 Å².